The van der Waals surface area contributed by atoms with Gasteiger partial charge in [0.2, 0.25) is 11.6 Å². The Morgan fingerprint density at radius 1 is 0.923 bits per heavy atom. The molecule has 5 nitrogen and oxygen atoms in total. The second kappa shape index (κ2) is 10.5. The van der Waals surface area contributed by atoms with Crippen molar-refractivity contribution in [2.24, 2.45) is 0 Å². The van der Waals surface area contributed by atoms with E-state index < -0.39 is 0 Å². The van der Waals surface area contributed by atoms with Gasteiger partial charge in [-0.25, -0.2) is 0 Å². The number of rotatable bonds is 13. The third-order valence-corrected chi connectivity index (χ3v) is 5.13. The monoisotopic (exact) mass is 364 g/mol. The van der Waals surface area contributed by atoms with Crippen LogP contribution in [0.5, 0.6) is 0 Å². The van der Waals surface area contributed by atoms with Gasteiger partial charge in [0.1, 0.15) is 0 Å². The predicted octanol–water partition coefficient (Wildman–Crippen LogP) is 4.26. The number of carbonyl (C=O) groups is 2. The van der Waals surface area contributed by atoms with Crippen LogP contribution in [0.2, 0.25) is 0 Å². The lowest BCUT2D eigenvalue weighted by molar-refractivity contribution is -0.120. The van der Waals surface area contributed by atoms with Gasteiger partial charge in [-0.1, -0.05) is 45.4 Å². The molecular weight excluding hydrogens is 332 g/mol. The first kappa shape index (κ1) is 20.7. The smallest absolute Gasteiger partial charge is 0.227 e. The molecule has 0 N–H and O–H groups in total. The van der Waals surface area contributed by atoms with E-state index in [1.165, 1.54) is 58.8 Å². The molecular formula is C21H32O5. The molecule has 0 radical (unpaired) electrons. The van der Waals surface area contributed by atoms with E-state index in [9.17, 15) is 9.59 Å². The fraction of sp³-hybridized carbons (Fsp3) is 0.714. The molecule has 2 unspecified atom stereocenters. The lowest BCUT2D eigenvalue weighted by Gasteiger charge is -2.17. The molecule has 2 atom stereocenters. The van der Waals surface area contributed by atoms with Crippen LogP contribution in [0.1, 0.15) is 71.1 Å². The fourth-order valence-corrected chi connectivity index (χ4v) is 3.52. The van der Waals surface area contributed by atoms with Crippen LogP contribution in [-0.4, -0.2) is 38.0 Å². The first-order valence-electron chi connectivity index (χ1n) is 9.89. The molecule has 0 aromatic rings. The van der Waals surface area contributed by atoms with Crippen molar-refractivity contribution < 1.29 is 23.8 Å². The van der Waals surface area contributed by atoms with Crippen molar-refractivity contribution in [2.75, 3.05) is 14.2 Å². The number of ether oxygens (including phenoxy) is 3. The quantitative estimate of drug-likeness (QED) is 0.278. The lowest BCUT2D eigenvalue weighted by Crippen LogP contribution is -2.21. The van der Waals surface area contributed by atoms with E-state index in [1.54, 1.807) is 0 Å². The first-order valence-corrected chi connectivity index (χ1v) is 9.89. The Bertz CT molecular complexity index is 561. The van der Waals surface area contributed by atoms with Crippen LogP contribution < -0.4 is 0 Å². The zero-order valence-electron chi connectivity index (χ0n) is 16.3. The van der Waals surface area contributed by atoms with Crippen molar-refractivity contribution in [3.63, 3.8) is 0 Å². The summed E-state index contributed by atoms with van der Waals surface area (Å²) in [6.45, 7) is 2.21. The van der Waals surface area contributed by atoms with Crippen molar-refractivity contribution in [3.05, 3.63) is 23.2 Å². The van der Waals surface area contributed by atoms with Crippen LogP contribution in [-0.2, 0) is 23.8 Å². The van der Waals surface area contributed by atoms with Gasteiger partial charge < -0.3 is 14.2 Å². The van der Waals surface area contributed by atoms with Gasteiger partial charge in [-0.3, -0.25) is 9.59 Å². The maximum Gasteiger partial charge on any atom is 0.227 e. The van der Waals surface area contributed by atoms with Gasteiger partial charge in [0.05, 0.1) is 26.4 Å². The summed E-state index contributed by atoms with van der Waals surface area (Å²) in [5.74, 6) is -0.248. The molecule has 1 saturated heterocycles. The summed E-state index contributed by atoms with van der Waals surface area (Å²) >= 11 is 0. The summed E-state index contributed by atoms with van der Waals surface area (Å²) in [7, 11) is 2.84. The molecule has 0 aromatic carbocycles. The number of Topliss-reactive ketones (excluding diaryl/α,β-unsaturated/α-hetero) is 1. The van der Waals surface area contributed by atoms with Crippen LogP contribution >= 0.6 is 0 Å². The normalized spacial score (nSPS) is 22.5. The van der Waals surface area contributed by atoms with Gasteiger partial charge in [-0.05, 0) is 25.7 Å². The Hall–Kier alpha value is -1.62. The minimum Gasteiger partial charge on any atom is -0.493 e. The Balaban J connectivity index is 1.62. The van der Waals surface area contributed by atoms with E-state index in [-0.39, 0.29) is 23.1 Å². The highest BCUT2D eigenvalue weighted by atomic mass is 16.6. The van der Waals surface area contributed by atoms with Crippen molar-refractivity contribution in [1.29, 1.82) is 0 Å². The van der Waals surface area contributed by atoms with Crippen LogP contribution in [0.4, 0.5) is 0 Å². The van der Waals surface area contributed by atoms with Crippen molar-refractivity contribution in [3.8, 4) is 0 Å². The highest BCUT2D eigenvalue weighted by Crippen LogP contribution is 2.31. The first-order chi connectivity index (χ1) is 12.6. The molecule has 0 bridgehead atoms. The molecule has 1 heterocycles. The minimum absolute atomic E-state index is 0.105. The second-order valence-electron chi connectivity index (χ2n) is 7.08. The Morgan fingerprint density at radius 2 is 1.58 bits per heavy atom. The molecule has 2 rings (SSSR count). The maximum atomic E-state index is 12.3. The van der Waals surface area contributed by atoms with Crippen LogP contribution in [0.25, 0.3) is 0 Å². The third kappa shape index (κ3) is 5.70. The molecule has 146 valence electrons. The van der Waals surface area contributed by atoms with Crippen LogP contribution in [0.15, 0.2) is 23.2 Å². The van der Waals surface area contributed by atoms with E-state index in [0.29, 0.717) is 24.2 Å². The molecule has 1 fully saturated rings. The highest BCUT2D eigenvalue weighted by Gasteiger charge is 2.36. The third-order valence-electron chi connectivity index (χ3n) is 5.13. The Morgan fingerprint density at radius 3 is 2.23 bits per heavy atom. The average Bonchev–Trinajstić information content (AvgIpc) is 3.39. The lowest BCUT2D eigenvalue weighted by atomic mass is 9.94. The topological polar surface area (TPSA) is 65.1 Å². The van der Waals surface area contributed by atoms with Crippen molar-refractivity contribution >= 4 is 11.6 Å². The number of carbonyl (C=O) groups excluding carboxylic acids is 2. The van der Waals surface area contributed by atoms with Gasteiger partial charge >= 0.3 is 0 Å². The molecule has 0 amide bonds. The largest absolute Gasteiger partial charge is 0.493 e. The summed E-state index contributed by atoms with van der Waals surface area (Å²) in [6, 6.07) is 0. The van der Waals surface area contributed by atoms with E-state index in [1.807, 2.05) is 0 Å². The zero-order chi connectivity index (χ0) is 18.9. The molecule has 0 saturated carbocycles. The number of unbranched alkanes of at least 4 members (excludes halogenated alkanes) is 5. The van der Waals surface area contributed by atoms with Gasteiger partial charge in [0, 0.05) is 11.6 Å². The average molecular weight is 364 g/mol. The molecule has 1 aliphatic carbocycles. The van der Waals surface area contributed by atoms with Crippen LogP contribution in [0.3, 0.4) is 0 Å². The Kier molecular flexibility index (Phi) is 8.36. The predicted molar refractivity (Wildman–Crippen MR) is 99.6 cm³/mol. The number of hydrogen-bond donors (Lipinski definition) is 0. The number of methoxy groups -OCH3 is 2. The number of hydrogen-bond acceptors (Lipinski definition) is 5. The maximum absolute atomic E-state index is 12.3. The van der Waals surface area contributed by atoms with Crippen molar-refractivity contribution in [1.82, 2.24) is 0 Å². The number of epoxide rings is 1. The molecule has 26 heavy (non-hydrogen) atoms. The van der Waals surface area contributed by atoms with E-state index in [2.05, 4.69) is 6.92 Å². The van der Waals surface area contributed by atoms with E-state index in [4.69, 9.17) is 14.2 Å². The summed E-state index contributed by atoms with van der Waals surface area (Å²) in [5, 5.41) is 0. The van der Waals surface area contributed by atoms with Gasteiger partial charge in [-0.2, -0.15) is 0 Å². The molecule has 2 aliphatic rings. The van der Waals surface area contributed by atoms with Gasteiger partial charge in [0.25, 0.3) is 0 Å². The summed E-state index contributed by atoms with van der Waals surface area (Å²) in [6.07, 6.45) is 13.1. The number of ketones is 2. The molecule has 0 aromatic heterocycles. The molecule has 0 spiro atoms. The number of allylic oxidation sites excluding steroid dienone is 2. The van der Waals surface area contributed by atoms with Crippen LogP contribution in [0, 0.1) is 0 Å². The Labute approximate surface area is 156 Å². The van der Waals surface area contributed by atoms with Crippen molar-refractivity contribution in [2.45, 2.75) is 83.3 Å². The molecule has 5 heteroatoms. The van der Waals surface area contributed by atoms with E-state index >= 15 is 0 Å². The second-order valence-corrected chi connectivity index (χ2v) is 7.08. The van der Waals surface area contributed by atoms with Gasteiger partial charge in [0.15, 0.2) is 11.5 Å². The van der Waals surface area contributed by atoms with Gasteiger partial charge in [-0.15, -0.1) is 0 Å². The SMILES string of the molecule is CCCCC1OC1CCCCCCCC1=C(OC)C(=O)C=C(OC)C1=O. The summed E-state index contributed by atoms with van der Waals surface area (Å²) < 4.78 is 15.8. The zero-order valence-corrected chi connectivity index (χ0v) is 16.3. The van der Waals surface area contributed by atoms with E-state index in [0.717, 1.165) is 19.3 Å². The highest BCUT2D eigenvalue weighted by molar-refractivity contribution is 6.21. The minimum atomic E-state index is -0.291. The standard InChI is InChI=1S/C21H32O5/c1-4-5-12-17-18(26-17)13-10-8-6-7-9-11-15-20(23)19(24-2)14-16(22)21(15)25-3/h14,17-18H,4-13H2,1-3H3. The summed E-state index contributed by atoms with van der Waals surface area (Å²) in [5.41, 5.74) is 0.446. The summed E-state index contributed by atoms with van der Waals surface area (Å²) in [4.78, 5) is 24.3. The fourth-order valence-electron chi connectivity index (χ4n) is 3.52. The molecule has 1 aliphatic heterocycles.